The van der Waals surface area contributed by atoms with Crippen molar-refractivity contribution in [3.05, 3.63) is 47.9 Å². The second-order valence-corrected chi connectivity index (χ2v) is 4.96. The van der Waals surface area contributed by atoms with E-state index >= 15 is 0 Å². The first-order valence-electron chi connectivity index (χ1n) is 7.08. The van der Waals surface area contributed by atoms with Crippen LogP contribution in [0.2, 0.25) is 0 Å². The lowest BCUT2D eigenvalue weighted by Gasteiger charge is -2.14. The van der Waals surface area contributed by atoms with Gasteiger partial charge in [0.15, 0.2) is 23.4 Å². The molecule has 1 atom stereocenters. The largest absolute Gasteiger partial charge is 0.448 e. The fourth-order valence-electron chi connectivity index (χ4n) is 1.84. The van der Waals surface area contributed by atoms with E-state index in [1.807, 2.05) is 0 Å². The SMILES string of the molecule is CC(=O)c1cccc(NC(=O)[C@@H](C)OC(=O)c2nccnc2N)c1. The molecule has 0 spiro atoms. The number of nitrogens with two attached hydrogens (primary N) is 1. The maximum Gasteiger partial charge on any atom is 0.361 e. The van der Waals surface area contributed by atoms with Crippen molar-refractivity contribution in [2.75, 3.05) is 11.1 Å². The minimum Gasteiger partial charge on any atom is -0.448 e. The standard InChI is InChI=1S/C16H16N4O4/c1-9(21)11-4-3-5-12(8-11)20-15(22)10(2)24-16(23)13-14(17)19-7-6-18-13/h3-8,10H,1-2H3,(H2,17,19)(H,20,22)/t10-/m1/s1. The molecule has 24 heavy (non-hydrogen) atoms. The molecule has 8 heteroatoms. The number of hydrogen-bond donors (Lipinski definition) is 2. The first-order valence-corrected chi connectivity index (χ1v) is 7.08. The number of rotatable bonds is 5. The van der Waals surface area contributed by atoms with Gasteiger partial charge in [-0.3, -0.25) is 9.59 Å². The molecule has 1 aromatic carbocycles. The Hall–Kier alpha value is -3.29. The third-order valence-corrected chi connectivity index (χ3v) is 3.11. The number of Topliss-reactive ketones (excluding diaryl/α,β-unsaturated/α-hetero) is 1. The van der Waals surface area contributed by atoms with Gasteiger partial charge in [-0.15, -0.1) is 0 Å². The number of aromatic nitrogens is 2. The molecule has 0 fully saturated rings. The van der Waals surface area contributed by atoms with Crippen molar-refractivity contribution in [3.63, 3.8) is 0 Å². The van der Waals surface area contributed by atoms with Gasteiger partial charge >= 0.3 is 5.97 Å². The Kier molecular flexibility index (Phi) is 5.20. The van der Waals surface area contributed by atoms with Crippen LogP contribution in [-0.2, 0) is 9.53 Å². The third-order valence-electron chi connectivity index (χ3n) is 3.11. The van der Waals surface area contributed by atoms with Crippen molar-refractivity contribution in [1.29, 1.82) is 0 Å². The van der Waals surface area contributed by atoms with Gasteiger partial charge in [-0.05, 0) is 26.0 Å². The lowest BCUT2D eigenvalue weighted by molar-refractivity contribution is -0.123. The van der Waals surface area contributed by atoms with E-state index in [1.54, 1.807) is 18.2 Å². The van der Waals surface area contributed by atoms with Crippen molar-refractivity contribution in [2.45, 2.75) is 20.0 Å². The van der Waals surface area contributed by atoms with Gasteiger partial charge in [0, 0.05) is 23.6 Å². The first kappa shape index (κ1) is 17.1. The highest BCUT2D eigenvalue weighted by Gasteiger charge is 2.22. The molecule has 0 saturated carbocycles. The van der Waals surface area contributed by atoms with E-state index in [2.05, 4.69) is 15.3 Å². The Labute approximate surface area is 138 Å². The second kappa shape index (κ2) is 7.32. The molecular formula is C16H16N4O4. The van der Waals surface area contributed by atoms with E-state index in [9.17, 15) is 14.4 Å². The molecule has 3 N–H and O–H groups in total. The summed E-state index contributed by atoms with van der Waals surface area (Å²) in [5.41, 5.74) is 6.27. The van der Waals surface area contributed by atoms with E-state index in [0.717, 1.165) is 0 Å². The molecule has 1 aromatic heterocycles. The van der Waals surface area contributed by atoms with Crippen LogP contribution in [0.1, 0.15) is 34.7 Å². The Morgan fingerprint density at radius 2 is 1.92 bits per heavy atom. The van der Waals surface area contributed by atoms with Crippen molar-refractivity contribution < 1.29 is 19.1 Å². The summed E-state index contributed by atoms with van der Waals surface area (Å²) in [7, 11) is 0. The highest BCUT2D eigenvalue weighted by atomic mass is 16.5. The average Bonchev–Trinajstić information content (AvgIpc) is 2.55. The smallest absolute Gasteiger partial charge is 0.361 e. The zero-order valence-corrected chi connectivity index (χ0v) is 13.1. The van der Waals surface area contributed by atoms with Crippen molar-refractivity contribution >= 4 is 29.2 Å². The number of ether oxygens (including phenoxy) is 1. The predicted molar refractivity (Wildman–Crippen MR) is 86.4 cm³/mol. The first-order chi connectivity index (χ1) is 11.4. The molecule has 0 aliphatic rings. The molecule has 1 heterocycles. The summed E-state index contributed by atoms with van der Waals surface area (Å²) in [6.45, 7) is 2.84. The van der Waals surface area contributed by atoms with Crippen molar-refractivity contribution in [2.24, 2.45) is 0 Å². The molecule has 1 amide bonds. The summed E-state index contributed by atoms with van der Waals surface area (Å²) in [4.78, 5) is 42.9. The number of ketones is 1. The molecule has 8 nitrogen and oxygen atoms in total. The van der Waals surface area contributed by atoms with Crippen LogP contribution in [0.3, 0.4) is 0 Å². The Morgan fingerprint density at radius 3 is 2.58 bits per heavy atom. The van der Waals surface area contributed by atoms with Crippen LogP contribution >= 0.6 is 0 Å². The van der Waals surface area contributed by atoms with Crippen molar-refractivity contribution in [3.8, 4) is 0 Å². The molecule has 124 valence electrons. The minimum atomic E-state index is -1.08. The number of benzene rings is 1. The number of nitrogens with zero attached hydrogens (tertiary/aromatic N) is 2. The summed E-state index contributed by atoms with van der Waals surface area (Å²) in [6.07, 6.45) is 1.55. The summed E-state index contributed by atoms with van der Waals surface area (Å²) in [5.74, 6) is -1.60. The molecule has 0 bridgehead atoms. The van der Waals surface area contributed by atoms with Gasteiger partial charge in [0.2, 0.25) is 0 Å². The highest BCUT2D eigenvalue weighted by Crippen LogP contribution is 2.13. The number of nitrogen functional groups attached to an aromatic ring is 1. The number of hydrogen-bond acceptors (Lipinski definition) is 7. The Bertz CT molecular complexity index is 791. The van der Waals surface area contributed by atoms with Crippen LogP contribution in [-0.4, -0.2) is 33.7 Å². The number of esters is 1. The fourth-order valence-corrected chi connectivity index (χ4v) is 1.84. The van der Waals surface area contributed by atoms with Crippen LogP contribution in [0.15, 0.2) is 36.7 Å². The van der Waals surface area contributed by atoms with Crippen LogP contribution in [0, 0.1) is 0 Å². The topological polar surface area (TPSA) is 124 Å². The lowest BCUT2D eigenvalue weighted by Crippen LogP contribution is -2.30. The average molecular weight is 328 g/mol. The maximum atomic E-state index is 12.1. The monoisotopic (exact) mass is 328 g/mol. The molecule has 0 saturated heterocycles. The normalized spacial score (nSPS) is 11.4. The van der Waals surface area contributed by atoms with E-state index < -0.39 is 18.0 Å². The molecule has 0 unspecified atom stereocenters. The van der Waals surface area contributed by atoms with Gasteiger partial charge in [-0.25, -0.2) is 14.8 Å². The maximum absolute atomic E-state index is 12.1. The molecular weight excluding hydrogens is 312 g/mol. The fraction of sp³-hybridized carbons (Fsp3) is 0.188. The van der Waals surface area contributed by atoms with E-state index in [4.69, 9.17) is 10.5 Å². The number of nitrogens with one attached hydrogen (secondary N) is 1. The van der Waals surface area contributed by atoms with Crippen LogP contribution in [0.25, 0.3) is 0 Å². The van der Waals surface area contributed by atoms with Gasteiger partial charge in [0.1, 0.15) is 0 Å². The van der Waals surface area contributed by atoms with Crippen LogP contribution in [0.4, 0.5) is 11.5 Å². The van der Waals surface area contributed by atoms with E-state index in [0.29, 0.717) is 11.3 Å². The molecule has 0 aliphatic carbocycles. The predicted octanol–water partition coefficient (Wildman–Crippen LogP) is 1.45. The van der Waals surface area contributed by atoms with Gasteiger partial charge < -0.3 is 15.8 Å². The Balaban J connectivity index is 2.02. The van der Waals surface area contributed by atoms with Crippen LogP contribution < -0.4 is 11.1 Å². The van der Waals surface area contributed by atoms with Gasteiger partial charge in [-0.2, -0.15) is 0 Å². The van der Waals surface area contributed by atoms with E-state index in [-0.39, 0.29) is 17.3 Å². The zero-order chi connectivity index (χ0) is 17.7. The van der Waals surface area contributed by atoms with E-state index in [1.165, 1.54) is 32.3 Å². The number of carbonyl (C=O) groups excluding carboxylic acids is 3. The molecule has 0 aliphatic heterocycles. The van der Waals surface area contributed by atoms with Gasteiger partial charge in [0.05, 0.1) is 0 Å². The molecule has 2 aromatic rings. The van der Waals surface area contributed by atoms with Crippen molar-refractivity contribution in [1.82, 2.24) is 9.97 Å². The minimum absolute atomic E-state index is 0.0794. The quantitative estimate of drug-likeness (QED) is 0.628. The Morgan fingerprint density at radius 1 is 1.21 bits per heavy atom. The van der Waals surface area contributed by atoms with Gasteiger partial charge in [-0.1, -0.05) is 12.1 Å². The van der Waals surface area contributed by atoms with Gasteiger partial charge in [0.25, 0.3) is 5.91 Å². The zero-order valence-electron chi connectivity index (χ0n) is 13.1. The highest BCUT2D eigenvalue weighted by molar-refractivity contribution is 5.99. The number of amides is 1. The summed E-state index contributed by atoms with van der Waals surface area (Å²) in [5, 5.41) is 2.57. The molecule has 2 rings (SSSR count). The lowest BCUT2D eigenvalue weighted by atomic mass is 10.1. The summed E-state index contributed by atoms with van der Waals surface area (Å²) >= 11 is 0. The second-order valence-electron chi connectivity index (χ2n) is 4.96. The number of anilines is 2. The number of carbonyl (C=O) groups is 3. The third kappa shape index (κ3) is 4.13. The summed E-state index contributed by atoms with van der Waals surface area (Å²) < 4.78 is 5.03. The summed E-state index contributed by atoms with van der Waals surface area (Å²) in [6, 6.07) is 6.44. The van der Waals surface area contributed by atoms with Crippen LogP contribution in [0.5, 0.6) is 0 Å². The molecule has 0 radical (unpaired) electrons.